The van der Waals surface area contributed by atoms with Crippen molar-refractivity contribution in [2.24, 2.45) is 0 Å². The van der Waals surface area contributed by atoms with Gasteiger partial charge in [-0.2, -0.15) is 0 Å². The summed E-state index contributed by atoms with van der Waals surface area (Å²) in [4.78, 5) is 24.8. The van der Waals surface area contributed by atoms with Crippen LogP contribution in [-0.4, -0.2) is 19.0 Å². The molecule has 8 heteroatoms. The van der Waals surface area contributed by atoms with E-state index < -0.39 is 6.04 Å². The van der Waals surface area contributed by atoms with Gasteiger partial charge in [-0.1, -0.05) is 6.07 Å². The number of halogens is 2. The Labute approximate surface area is 146 Å². The van der Waals surface area contributed by atoms with E-state index in [2.05, 4.69) is 37.2 Å². The molecule has 0 aliphatic rings. The molecule has 2 aromatic heterocycles. The Morgan fingerprint density at radius 3 is 2.71 bits per heavy atom. The van der Waals surface area contributed by atoms with Gasteiger partial charge in [0.2, 0.25) is 0 Å². The minimum Gasteiger partial charge on any atom is -0.469 e. The predicted molar refractivity (Wildman–Crippen MR) is 90.9 cm³/mol. The maximum absolute atomic E-state index is 12.4. The highest BCUT2D eigenvalue weighted by atomic mass is 79.9. The molecule has 0 aliphatic carbocycles. The third kappa shape index (κ3) is 4.38. The number of thiophene rings is 2. The molecular formula is C13H11Br2NO3S2. The van der Waals surface area contributed by atoms with E-state index in [1.54, 1.807) is 6.07 Å². The first-order valence-electron chi connectivity index (χ1n) is 5.87. The molecule has 0 radical (unpaired) electrons. The van der Waals surface area contributed by atoms with E-state index in [1.165, 1.54) is 29.8 Å². The van der Waals surface area contributed by atoms with Crippen LogP contribution >= 0.6 is 54.5 Å². The van der Waals surface area contributed by atoms with Crippen molar-refractivity contribution in [3.63, 3.8) is 0 Å². The second-order valence-electron chi connectivity index (χ2n) is 4.06. The fourth-order valence-corrected chi connectivity index (χ4v) is 5.26. The van der Waals surface area contributed by atoms with Crippen LogP contribution in [0.15, 0.2) is 31.2 Å². The first-order valence-corrected chi connectivity index (χ1v) is 9.15. The van der Waals surface area contributed by atoms with Gasteiger partial charge in [-0.3, -0.25) is 9.59 Å². The lowest BCUT2D eigenvalue weighted by Crippen LogP contribution is -2.29. The summed E-state index contributed by atoms with van der Waals surface area (Å²) >= 11 is 9.62. The normalized spacial score (nSPS) is 12.0. The highest BCUT2D eigenvalue weighted by Gasteiger charge is 2.22. The topological polar surface area (TPSA) is 55.4 Å². The van der Waals surface area contributed by atoms with Gasteiger partial charge in [0, 0.05) is 4.88 Å². The molecule has 2 heterocycles. The van der Waals surface area contributed by atoms with E-state index in [0.29, 0.717) is 5.56 Å². The number of esters is 1. The minimum absolute atomic E-state index is 0.103. The van der Waals surface area contributed by atoms with Crippen molar-refractivity contribution in [2.75, 3.05) is 7.11 Å². The number of amides is 1. The molecule has 2 rings (SSSR count). The third-order valence-corrected chi connectivity index (χ3v) is 6.02. The van der Waals surface area contributed by atoms with Gasteiger partial charge in [0.1, 0.15) is 0 Å². The number of carbonyl (C=O) groups is 2. The number of hydrogen-bond donors (Lipinski definition) is 1. The number of hydrogen-bond acceptors (Lipinski definition) is 5. The third-order valence-electron chi connectivity index (χ3n) is 2.69. The van der Waals surface area contributed by atoms with Gasteiger partial charge in [-0.15, -0.1) is 22.7 Å². The number of nitrogens with one attached hydrogen (secondary N) is 1. The molecular weight excluding hydrogens is 442 g/mol. The Hall–Kier alpha value is -0.700. The van der Waals surface area contributed by atoms with Crippen LogP contribution in [0.2, 0.25) is 0 Å². The predicted octanol–water partition coefficient (Wildman–Crippen LogP) is 4.37. The van der Waals surface area contributed by atoms with E-state index in [9.17, 15) is 9.59 Å². The van der Waals surface area contributed by atoms with Crippen molar-refractivity contribution in [1.29, 1.82) is 0 Å². The van der Waals surface area contributed by atoms with E-state index in [-0.39, 0.29) is 18.3 Å². The van der Waals surface area contributed by atoms with Crippen LogP contribution in [0.25, 0.3) is 0 Å². The average molecular weight is 453 g/mol. The van der Waals surface area contributed by atoms with Crippen LogP contribution in [0.1, 0.15) is 27.7 Å². The van der Waals surface area contributed by atoms with Crippen LogP contribution < -0.4 is 5.32 Å². The molecule has 0 bridgehead atoms. The fourth-order valence-electron chi connectivity index (χ4n) is 1.69. The lowest BCUT2D eigenvalue weighted by atomic mass is 10.1. The molecule has 0 saturated carbocycles. The first-order chi connectivity index (χ1) is 10.0. The highest BCUT2D eigenvalue weighted by Crippen LogP contribution is 2.32. The summed E-state index contributed by atoms with van der Waals surface area (Å²) in [6.07, 6.45) is 0.103. The Balaban J connectivity index is 2.17. The lowest BCUT2D eigenvalue weighted by molar-refractivity contribution is -0.141. The number of rotatable bonds is 5. The van der Waals surface area contributed by atoms with Gasteiger partial charge in [-0.05, 0) is 49.4 Å². The molecule has 0 saturated heterocycles. The lowest BCUT2D eigenvalue weighted by Gasteiger charge is -2.16. The molecule has 2 aromatic rings. The van der Waals surface area contributed by atoms with Gasteiger partial charge in [0.25, 0.3) is 5.91 Å². The van der Waals surface area contributed by atoms with Crippen molar-refractivity contribution >= 4 is 66.4 Å². The van der Waals surface area contributed by atoms with Crippen molar-refractivity contribution in [1.82, 2.24) is 5.32 Å². The number of carbonyl (C=O) groups excluding carboxylic acids is 2. The smallest absolute Gasteiger partial charge is 0.307 e. The molecule has 0 aliphatic heterocycles. The summed E-state index contributed by atoms with van der Waals surface area (Å²) < 4.78 is 6.30. The van der Waals surface area contributed by atoms with Crippen LogP contribution in [-0.2, 0) is 9.53 Å². The molecule has 0 spiro atoms. The zero-order valence-electron chi connectivity index (χ0n) is 10.9. The van der Waals surface area contributed by atoms with Crippen LogP contribution in [0.3, 0.4) is 0 Å². The van der Waals surface area contributed by atoms with E-state index in [1.807, 2.05) is 17.5 Å². The van der Waals surface area contributed by atoms with Crippen molar-refractivity contribution in [3.05, 3.63) is 41.6 Å². The van der Waals surface area contributed by atoms with E-state index >= 15 is 0 Å². The number of methoxy groups -OCH3 is 1. The Bertz CT molecular complexity index is 640. The SMILES string of the molecule is COC(=O)CC(NC(=O)c1cc(Br)sc1Br)c1cccs1. The Morgan fingerprint density at radius 2 is 2.19 bits per heavy atom. The molecule has 21 heavy (non-hydrogen) atoms. The van der Waals surface area contributed by atoms with Gasteiger partial charge >= 0.3 is 5.97 Å². The van der Waals surface area contributed by atoms with Gasteiger partial charge < -0.3 is 10.1 Å². The van der Waals surface area contributed by atoms with Gasteiger partial charge in [0.05, 0.1) is 32.7 Å². The van der Waals surface area contributed by atoms with E-state index in [0.717, 1.165) is 12.4 Å². The van der Waals surface area contributed by atoms with Crippen molar-refractivity contribution < 1.29 is 14.3 Å². The highest BCUT2D eigenvalue weighted by molar-refractivity contribution is 9.12. The standard InChI is InChI=1S/C13H11Br2NO3S2/c1-19-11(17)6-8(9-3-2-4-20-9)16-13(18)7-5-10(14)21-12(7)15/h2-5,8H,6H2,1H3,(H,16,18). The summed E-state index contributed by atoms with van der Waals surface area (Å²) in [5, 5.41) is 4.79. The molecule has 0 aromatic carbocycles. The summed E-state index contributed by atoms with van der Waals surface area (Å²) in [6, 6.07) is 5.12. The zero-order valence-corrected chi connectivity index (χ0v) is 15.7. The van der Waals surface area contributed by atoms with Crippen molar-refractivity contribution in [2.45, 2.75) is 12.5 Å². The average Bonchev–Trinajstić information content (AvgIpc) is 3.07. The zero-order chi connectivity index (χ0) is 15.4. The van der Waals surface area contributed by atoms with E-state index in [4.69, 9.17) is 4.74 Å². The molecule has 1 atom stereocenters. The largest absolute Gasteiger partial charge is 0.469 e. The summed E-state index contributed by atoms with van der Waals surface area (Å²) in [5.74, 6) is -0.592. The van der Waals surface area contributed by atoms with Crippen LogP contribution in [0.4, 0.5) is 0 Å². The molecule has 1 N–H and O–H groups in total. The second-order valence-corrected chi connectivity index (χ2v) is 8.79. The second kappa shape index (κ2) is 7.53. The first kappa shape index (κ1) is 16.7. The van der Waals surface area contributed by atoms with Crippen LogP contribution in [0.5, 0.6) is 0 Å². The Kier molecular flexibility index (Phi) is 5.98. The van der Waals surface area contributed by atoms with Gasteiger partial charge in [-0.25, -0.2) is 0 Å². The minimum atomic E-state index is -0.393. The number of ether oxygens (including phenoxy) is 1. The molecule has 1 amide bonds. The maximum atomic E-state index is 12.4. The molecule has 4 nitrogen and oxygen atoms in total. The van der Waals surface area contributed by atoms with Crippen molar-refractivity contribution in [3.8, 4) is 0 Å². The summed E-state index contributed by atoms with van der Waals surface area (Å²) in [7, 11) is 1.34. The fraction of sp³-hybridized carbons (Fsp3) is 0.231. The molecule has 0 fully saturated rings. The Morgan fingerprint density at radius 1 is 1.43 bits per heavy atom. The summed E-state index contributed by atoms with van der Waals surface area (Å²) in [5.41, 5.74) is 0.540. The molecule has 112 valence electrons. The maximum Gasteiger partial charge on any atom is 0.307 e. The van der Waals surface area contributed by atoms with Gasteiger partial charge in [0.15, 0.2) is 0 Å². The van der Waals surface area contributed by atoms with Crippen LogP contribution in [0, 0.1) is 0 Å². The monoisotopic (exact) mass is 451 g/mol. The molecule has 1 unspecified atom stereocenters. The quantitative estimate of drug-likeness (QED) is 0.685. The summed E-state index contributed by atoms with van der Waals surface area (Å²) in [6.45, 7) is 0.